The summed E-state index contributed by atoms with van der Waals surface area (Å²) in [6, 6.07) is 12.3. The molecule has 0 fully saturated rings. The highest BCUT2D eigenvalue weighted by Gasteiger charge is 2.11. The molecule has 26 heavy (non-hydrogen) atoms. The maximum Gasteiger partial charge on any atom is 0.267 e. The van der Waals surface area contributed by atoms with Crippen LogP contribution in [-0.2, 0) is 11.3 Å². The summed E-state index contributed by atoms with van der Waals surface area (Å²) in [4.78, 5) is 24.1. The van der Waals surface area contributed by atoms with Gasteiger partial charge in [0.1, 0.15) is 18.2 Å². The van der Waals surface area contributed by atoms with Gasteiger partial charge >= 0.3 is 0 Å². The Morgan fingerprint density at radius 3 is 2.58 bits per heavy atom. The third-order valence-electron chi connectivity index (χ3n) is 3.51. The lowest BCUT2D eigenvalue weighted by Crippen LogP contribution is -2.29. The Hall–Kier alpha value is -3.06. The van der Waals surface area contributed by atoms with Crippen molar-refractivity contribution in [2.75, 3.05) is 5.32 Å². The predicted molar refractivity (Wildman–Crippen MR) is 93.9 cm³/mol. The number of nitrogens with one attached hydrogen (secondary N) is 1. The smallest absolute Gasteiger partial charge is 0.267 e. The molecule has 3 aromatic rings. The standard InChI is InChI=1S/C18H12ClF2N3O2/c19-13-9-11(5-6-15(13)21)22-17(25)10-24-18(26)8-7-16(23-24)12-3-1-2-4-14(12)20/h1-9H,10H2,(H,22,25). The molecule has 0 saturated heterocycles. The van der Waals surface area contributed by atoms with Gasteiger partial charge in [-0.3, -0.25) is 9.59 Å². The number of rotatable bonds is 4. The van der Waals surface area contributed by atoms with E-state index in [0.29, 0.717) is 0 Å². The van der Waals surface area contributed by atoms with E-state index in [0.717, 1.165) is 10.7 Å². The van der Waals surface area contributed by atoms with Gasteiger partial charge in [0.2, 0.25) is 5.91 Å². The van der Waals surface area contributed by atoms with Crippen molar-refractivity contribution < 1.29 is 13.6 Å². The van der Waals surface area contributed by atoms with E-state index in [1.807, 2.05) is 0 Å². The van der Waals surface area contributed by atoms with E-state index in [1.165, 1.54) is 42.5 Å². The second-order valence-corrected chi connectivity index (χ2v) is 5.78. The Kier molecular flexibility index (Phi) is 5.09. The molecular formula is C18H12ClF2N3O2. The van der Waals surface area contributed by atoms with Crippen molar-refractivity contribution in [2.24, 2.45) is 0 Å². The van der Waals surface area contributed by atoms with Gasteiger partial charge < -0.3 is 5.32 Å². The lowest BCUT2D eigenvalue weighted by Gasteiger charge is -2.09. The topological polar surface area (TPSA) is 64.0 Å². The fourth-order valence-electron chi connectivity index (χ4n) is 2.29. The molecule has 5 nitrogen and oxygen atoms in total. The third kappa shape index (κ3) is 3.94. The largest absolute Gasteiger partial charge is 0.324 e. The normalized spacial score (nSPS) is 10.6. The number of aromatic nitrogens is 2. The van der Waals surface area contributed by atoms with Crippen molar-refractivity contribution in [3.63, 3.8) is 0 Å². The number of carbonyl (C=O) groups is 1. The third-order valence-corrected chi connectivity index (χ3v) is 3.80. The fraction of sp³-hybridized carbons (Fsp3) is 0.0556. The first-order valence-electron chi connectivity index (χ1n) is 7.52. The van der Waals surface area contributed by atoms with Crippen molar-refractivity contribution in [3.8, 4) is 11.3 Å². The molecule has 0 aliphatic rings. The zero-order chi connectivity index (χ0) is 18.7. The van der Waals surface area contributed by atoms with Gasteiger partial charge in [0.15, 0.2) is 0 Å². The predicted octanol–water partition coefficient (Wildman–Crippen LogP) is 3.48. The van der Waals surface area contributed by atoms with Crippen LogP contribution in [0, 0.1) is 11.6 Å². The van der Waals surface area contributed by atoms with Crippen LogP contribution in [0.4, 0.5) is 14.5 Å². The Morgan fingerprint density at radius 1 is 1.08 bits per heavy atom. The molecule has 8 heteroatoms. The Morgan fingerprint density at radius 2 is 1.85 bits per heavy atom. The zero-order valence-corrected chi connectivity index (χ0v) is 14.0. The van der Waals surface area contributed by atoms with E-state index in [4.69, 9.17) is 11.6 Å². The molecule has 1 amide bonds. The Labute approximate surface area is 151 Å². The molecule has 132 valence electrons. The number of carbonyl (C=O) groups excluding carboxylic acids is 1. The van der Waals surface area contributed by atoms with Crippen LogP contribution in [0.25, 0.3) is 11.3 Å². The minimum absolute atomic E-state index is 0.139. The molecule has 0 aliphatic carbocycles. The number of amides is 1. The first kappa shape index (κ1) is 17.8. The van der Waals surface area contributed by atoms with Crippen LogP contribution in [0.5, 0.6) is 0 Å². The van der Waals surface area contributed by atoms with Crippen LogP contribution >= 0.6 is 11.6 Å². The van der Waals surface area contributed by atoms with Crippen molar-refractivity contribution >= 4 is 23.2 Å². The summed E-state index contributed by atoms with van der Waals surface area (Å²) in [6.45, 7) is -0.393. The number of anilines is 1. The summed E-state index contributed by atoms with van der Waals surface area (Å²) in [7, 11) is 0. The van der Waals surface area contributed by atoms with E-state index in [9.17, 15) is 18.4 Å². The highest BCUT2D eigenvalue weighted by molar-refractivity contribution is 6.31. The van der Waals surface area contributed by atoms with Gasteiger partial charge in [-0.2, -0.15) is 5.10 Å². The molecule has 1 N–H and O–H groups in total. The lowest BCUT2D eigenvalue weighted by molar-refractivity contribution is -0.117. The average Bonchev–Trinajstić information content (AvgIpc) is 2.61. The molecular weight excluding hydrogens is 364 g/mol. The van der Waals surface area contributed by atoms with Crippen LogP contribution in [0.15, 0.2) is 59.4 Å². The van der Waals surface area contributed by atoms with E-state index in [2.05, 4.69) is 10.4 Å². The first-order valence-corrected chi connectivity index (χ1v) is 7.90. The first-order chi connectivity index (χ1) is 12.4. The minimum Gasteiger partial charge on any atom is -0.324 e. The van der Waals surface area contributed by atoms with Gasteiger partial charge in [-0.1, -0.05) is 23.7 Å². The van der Waals surface area contributed by atoms with Crippen molar-refractivity contribution in [2.45, 2.75) is 6.54 Å². The van der Waals surface area contributed by atoms with Gasteiger partial charge in [0.25, 0.3) is 5.56 Å². The molecule has 0 saturated carbocycles. The van der Waals surface area contributed by atoms with Gasteiger partial charge in [0, 0.05) is 17.3 Å². The summed E-state index contributed by atoms with van der Waals surface area (Å²) >= 11 is 5.66. The number of hydrogen-bond donors (Lipinski definition) is 1. The zero-order valence-electron chi connectivity index (χ0n) is 13.2. The average molecular weight is 376 g/mol. The fourth-order valence-corrected chi connectivity index (χ4v) is 2.47. The van der Waals surface area contributed by atoms with E-state index < -0.39 is 29.6 Å². The van der Waals surface area contributed by atoms with Crippen LogP contribution < -0.4 is 10.9 Å². The van der Waals surface area contributed by atoms with Crippen LogP contribution in [-0.4, -0.2) is 15.7 Å². The Bertz CT molecular complexity index is 1040. The Balaban J connectivity index is 1.82. The van der Waals surface area contributed by atoms with Crippen LogP contribution in [0.2, 0.25) is 5.02 Å². The molecule has 1 heterocycles. The molecule has 0 bridgehead atoms. The van der Waals surface area contributed by atoms with Crippen molar-refractivity contribution in [1.29, 1.82) is 0 Å². The SMILES string of the molecule is O=C(Cn1nc(-c2ccccc2F)ccc1=O)Nc1ccc(F)c(Cl)c1. The number of halogens is 3. The van der Waals surface area contributed by atoms with Crippen LogP contribution in [0.1, 0.15) is 0 Å². The van der Waals surface area contributed by atoms with Crippen LogP contribution in [0.3, 0.4) is 0 Å². The summed E-state index contributed by atoms with van der Waals surface area (Å²) in [5, 5.41) is 6.39. The van der Waals surface area contributed by atoms with E-state index in [-0.39, 0.29) is 22.0 Å². The molecule has 2 aromatic carbocycles. The molecule has 1 aromatic heterocycles. The quantitative estimate of drug-likeness (QED) is 0.759. The van der Waals surface area contributed by atoms with E-state index >= 15 is 0 Å². The second kappa shape index (κ2) is 7.45. The lowest BCUT2D eigenvalue weighted by atomic mass is 10.1. The molecule has 0 atom stereocenters. The summed E-state index contributed by atoms with van der Waals surface area (Å²) in [5.74, 6) is -1.66. The number of nitrogens with zero attached hydrogens (tertiary/aromatic N) is 2. The van der Waals surface area contributed by atoms with E-state index in [1.54, 1.807) is 6.07 Å². The molecule has 0 unspecified atom stereocenters. The summed E-state index contributed by atoms with van der Waals surface area (Å²) in [6.07, 6.45) is 0. The van der Waals surface area contributed by atoms with Crippen molar-refractivity contribution in [1.82, 2.24) is 9.78 Å². The highest BCUT2D eigenvalue weighted by atomic mass is 35.5. The van der Waals surface area contributed by atoms with Gasteiger partial charge in [0.05, 0.1) is 10.7 Å². The number of benzene rings is 2. The number of hydrogen-bond acceptors (Lipinski definition) is 3. The monoisotopic (exact) mass is 375 g/mol. The summed E-state index contributed by atoms with van der Waals surface area (Å²) in [5.41, 5.74) is 0.199. The molecule has 3 rings (SSSR count). The minimum atomic E-state index is -0.611. The highest BCUT2D eigenvalue weighted by Crippen LogP contribution is 2.20. The summed E-state index contributed by atoms with van der Waals surface area (Å²) < 4.78 is 27.9. The maximum atomic E-state index is 13.9. The van der Waals surface area contributed by atoms with Gasteiger partial charge in [-0.15, -0.1) is 0 Å². The van der Waals surface area contributed by atoms with Gasteiger partial charge in [-0.05, 0) is 36.4 Å². The van der Waals surface area contributed by atoms with Crippen molar-refractivity contribution in [3.05, 3.63) is 81.6 Å². The molecule has 0 spiro atoms. The maximum absolute atomic E-state index is 13.9. The van der Waals surface area contributed by atoms with Gasteiger partial charge in [-0.25, -0.2) is 13.5 Å². The molecule has 0 aliphatic heterocycles. The second-order valence-electron chi connectivity index (χ2n) is 5.37. The molecule has 0 radical (unpaired) electrons.